The van der Waals surface area contributed by atoms with Gasteiger partial charge in [0.05, 0.1) is 5.75 Å². The van der Waals surface area contributed by atoms with Crippen molar-refractivity contribution in [3.8, 4) is 0 Å². The van der Waals surface area contributed by atoms with Crippen LogP contribution in [0.3, 0.4) is 0 Å². The Bertz CT molecular complexity index is 1170. The van der Waals surface area contributed by atoms with Crippen LogP contribution in [0, 0.1) is 0 Å². The van der Waals surface area contributed by atoms with Crippen molar-refractivity contribution in [1.82, 2.24) is 19.3 Å². The second-order valence-electron chi connectivity index (χ2n) is 7.42. The van der Waals surface area contributed by atoms with Gasteiger partial charge >= 0.3 is 0 Å². The fourth-order valence-electron chi connectivity index (χ4n) is 3.37. The summed E-state index contributed by atoms with van der Waals surface area (Å²) in [7, 11) is 2.02. The van der Waals surface area contributed by atoms with Gasteiger partial charge in [0.15, 0.2) is 5.16 Å². The molecule has 0 aliphatic heterocycles. The molecule has 0 bridgehead atoms. The third kappa shape index (κ3) is 5.81. The van der Waals surface area contributed by atoms with E-state index < -0.39 is 0 Å². The number of nitrogens with zero attached hydrogens (tertiary/aromatic N) is 4. The van der Waals surface area contributed by atoms with E-state index >= 15 is 0 Å². The molecule has 0 aliphatic rings. The Hall–Kier alpha value is -3.03. The number of hydrogen-bond donors (Lipinski definition) is 1. The van der Waals surface area contributed by atoms with Crippen LogP contribution < -0.4 is 5.32 Å². The Morgan fingerprint density at radius 3 is 2.53 bits per heavy atom. The van der Waals surface area contributed by atoms with Gasteiger partial charge in [0.25, 0.3) is 0 Å². The molecule has 0 atom stereocenters. The standard InChI is InChI=1S/C24H24ClN5OS/c1-29-14-5-8-21(29)16-22-27-28-24(30(22)15-13-18-6-3-2-4-7-18)32-17-23(31)26-20-11-9-19(25)10-12-20/h2-12,14H,13,15-17H2,1H3,(H,26,31). The Morgan fingerprint density at radius 1 is 1.03 bits per heavy atom. The minimum atomic E-state index is -0.0982. The van der Waals surface area contributed by atoms with Crippen molar-refractivity contribution in [3.05, 3.63) is 95.0 Å². The molecule has 0 saturated carbocycles. The van der Waals surface area contributed by atoms with Gasteiger partial charge in [-0.05, 0) is 48.4 Å². The summed E-state index contributed by atoms with van der Waals surface area (Å²) in [4.78, 5) is 12.4. The normalized spacial score (nSPS) is 10.9. The van der Waals surface area contributed by atoms with E-state index in [4.69, 9.17) is 11.6 Å². The lowest BCUT2D eigenvalue weighted by molar-refractivity contribution is -0.113. The highest BCUT2D eigenvalue weighted by Crippen LogP contribution is 2.21. The second kappa shape index (κ2) is 10.5. The number of benzene rings is 2. The van der Waals surface area contributed by atoms with Crippen LogP contribution in [0.1, 0.15) is 17.1 Å². The average molecular weight is 466 g/mol. The van der Waals surface area contributed by atoms with Crippen molar-refractivity contribution >= 4 is 35.0 Å². The molecule has 164 valence electrons. The molecule has 6 nitrogen and oxygen atoms in total. The van der Waals surface area contributed by atoms with Gasteiger partial charge in [0, 0.05) is 42.6 Å². The highest BCUT2D eigenvalue weighted by molar-refractivity contribution is 7.99. The van der Waals surface area contributed by atoms with Gasteiger partial charge in [-0.2, -0.15) is 0 Å². The Labute approximate surface area is 196 Å². The fraction of sp³-hybridized carbons (Fsp3) is 0.208. The zero-order chi connectivity index (χ0) is 22.3. The first-order valence-electron chi connectivity index (χ1n) is 10.3. The number of aryl methyl sites for hydroxylation is 2. The first kappa shape index (κ1) is 22.2. The molecule has 2 aromatic heterocycles. The smallest absolute Gasteiger partial charge is 0.234 e. The molecule has 0 unspecified atom stereocenters. The summed E-state index contributed by atoms with van der Waals surface area (Å²) >= 11 is 7.30. The van der Waals surface area contributed by atoms with E-state index in [2.05, 4.69) is 42.8 Å². The van der Waals surface area contributed by atoms with Crippen molar-refractivity contribution in [2.24, 2.45) is 7.05 Å². The van der Waals surface area contributed by atoms with Crippen LogP contribution >= 0.6 is 23.4 Å². The van der Waals surface area contributed by atoms with Gasteiger partial charge in [-0.1, -0.05) is 53.7 Å². The molecule has 1 amide bonds. The Balaban J connectivity index is 1.46. The van der Waals surface area contributed by atoms with Crippen molar-refractivity contribution in [1.29, 1.82) is 0 Å². The number of thioether (sulfide) groups is 1. The monoisotopic (exact) mass is 465 g/mol. The Morgan fingerprint density at radius 2 is 1.81 bits per heavy atom. The SMILES string of the molecule is Cn1cccc1Cc1nnc(SCC(=O)Nc2ccc(Cl)cc2)n1CCc1ccccc1. The summed E-state index contributed by atoms with van der Waals surface area (Å²) < 4.78 is 4.21. The predicted octanol–water partition coefficient (Wildman–Crippen LogP) is 4.83. The van der Waals surface area contributed by atoms with Gasteiger partial charge < -0.3 is 14.5 Å². The molecular weight excluding hydrogens is 442 g/mol. The van der Waals surface area contributed by atoms with Crippen molar-refractivity contribution < 1.29 is 4.79 Å². The average Bonchev–Trinajstić information content (AvgIpc) is 3.39. The quantitative estimate of drug-likeness (QED) is 0.359. The van der Waals surface area contributed by atoms with Crippen molar-refractivity contribution in [2.75, 3.05) is 11.1 Å². The zero-order valence-corrected chi connectivity index (χ0v) is 19.3. The highest BCUT2D eigenvalue weighted by atomic mass is 35.5. The summed E-state index contributed by atoms with van der Waals surface area (Å²) in [6, 6.07) is 21.5. The summed E-state index contributed by atoms with van der Waals surface area (Å²) in [6.45, 7) is 0.748. The zero-order valence-electron chi connectivity index (χ0n) is 17.7. The molecule has 0 aliphatic carbocycles. The number of aromatic nitrogens is 4. The number of carbonyl (C=O) groups is 1. The molecule has 1 N–H and O–H groups in total. The molecule has 32 heavy (non-hydrogen) atoms. The van der Waals surface area contributed by atoms with Crippen LogP contribution in [0.5, 0.6) is 0 Å². The topological polar surface area (TPSA) is 64.7 Å². The number of rotatable bonds is 9. The van der Waals surface area contributed by atoms with Gasteiger partial charge in [0.2, 0.25) is 5.91 Å². The number of carbonyl (C=O) groups excluding carboxylic acids is 1. The van der Waals surface area contributed by atoms with E-state index in [1.807, 2.05) is 37.5 Å². The maximum absolute atomic E-state index is 12.4. The van der Waals surface area contributed by atoms with Gasteiger partial charge in [-0.3, -0.25) is 4.79 Å². The van der Waals surface area contributed by atoms with Crippen LogP contribution in [0.15, 0.2) is 78.1 Å². The molecular formula is C24H24ClN5OS. The lowest BCUT2D eigenvalue weighted by Gasteiger charge is -2.11. The molecule has 8 heteroatoms. The minimum Gasteiger partial charge on any atom is -0.354 e. The predicted molar refractivity (Wildman–Crippen MR) is 129 cm³/mol. The van der Waals surface area contributed by atoms with E-state index in [9.17, 15) is 4.79 Å². The number of amides is 1. The van der Waals surface area contributed by atoms with Crippen LogP contribution in [0.2, 0.25) is 5.02 Å². The summed E-state index contributed by atoms with van der Waals surface area (Å²) in [6.07, 6.45) is 3.57. The van der Waals surface area contributed by atoms with Crippen molar-refractivity contribution in [3.63, 3.8) is 0 Å². The molecule has 4 aromatic rings. The van der Waals surface area contributed by atoms with Crippen LogP contribution in [0.25, 0.3) is 0 Å². The van der Waals surface area contributed by atoms with E-state index in [1.165, 1.54) is 17.3 Å². The van der Waals surface area contributed by atoms with E-state index in [-0.39, 0.29) is 11.7 Å². The largest absolute Gasteiger partial charge is 0.354 e. The van der Waals surface area contributed by atoms with Gasteiger partial charge in [-0.15, -0.1) is 10.2 Å². The molecule has 2 aromatic carbocycles. The van der Waals surface area contributed by atoms with E-state index in [0.717, 1.165) is 35.3 Å². The van der Waals surface area contributed by atoms with Crippen LogP contribution in [-0.2, 0) is 31.2 Å². The number of anilines is 1. The second-order valence-corrected chi connectivity index (χ2v) is 8.80. The lowest BCUT2D eigenvalue weighted by atomic mass is 10.1. The maximum atomic E-state index is 12.4. The number of nitrogens with one attached hydrogen (secondary N) is 1. The first-order chi connectivity index (χ1) is 15.6. The van der Waals surface area contributed by atoms with E-state index in [1.54, 1.807) is 24.3 Å². The minimum absolute atomic E-state index is 0.0982. The fourth-order valence-corrected chi connectivity index (χ4v) is 4.28. The Kier molecular flexibility index (Phi) is 7.29. The van der Waals surface area contributed by atoms with E-state index in [0.29, 0.717) is 11.4 Å². The van der Waals surface area contributed by atoms with Gasteiger partial charge in [0.1, 0.15) is 5.82 Å². The third-order valence-electron chi connectivity index (χ3n) is 5.11. The number of halogens is 1. The first-order valence-corrected chi connectivity index (χ1v) is 11.7. The van der Waals surface area contributed by atoms with Crippen LogP contribution in [-0.4, -0.2) is 31.0 Å². The van der Waals surface area contributed by atoms with Crippen LogP contribution in [0.4, 0.5) is 5.69 Å². The lowest BCUT2D eigenvalue weighted by Crippen LogP contribution is -2.15. The summed E-state index contributed by atoms with van der Waals surface area (Å²) in [5.41, 5.74) is 3.13. The third-order valence-corrected chi connectivity index (χ3v) is 6.33. The maximum Gasteiger partial charge on any atom is 0.234 e. The molecule has 0 spiro atoms. The molecule has 4 rings (SSSR count). The molecule has 0 radical (unpaired) electrons. The summed E-state index contributed by atoms with van der Waals surface area (Å²) in [5, 5.41) is 13.1. The molecule has 2 heterocycles. The van der Waals surface area contributed by atoms with Crippen molar-refractivity contribution in [2.45, 2.75) is 24.5 Å². The number of hydrogen-bond acceptors (Lipinski definition) is 4. The molecule has 0 saturated heterocycles. The van der Waals surface area contributed by atoms with Gasteiger partial charge in [-0.25, -0.2) is 0 Å². The highest BCUT2D eigenvalue weighted by Gasteiger charge is 2.16. The summed E-state index contributed by atoms with van der Waals surface area (Å²) in [5.74, 6) is 1.04. The molecule has 0 fully saturated rings.